The van der Waals surface area contributed by atoms with Crippen LogP contribution in [0.15, 0.2) is 48.7 Å². The van der Waals surface area contributed by atoms with E-state index in [1.807, 2.05) is 0 Å². The van der Waals surface area contributed by atoms with Gasteiger partial charge in [-0.05, 0) is 24.3 Å². The van der Waals surface area contributed by atoms with E-state index in [2.05, 4.69) is 0 Å². The van der Waals surface area contributed by atoms with Gasteiger partial charge in [0.1, 0.15) is 4.64 Å². The zero-order chi connectivity index (χ0) is 13.8. The summed E-state index contributed by atoms with van der Waals surface area (Å²) in [6.07, 6.45) is 1.51. The zero-order valence-electron chi connectivity index (χ0n) is 9.55. The maximum atomic E-state index is 11.8. The zero-order valence-corrected chi connectivity index (χ0v) is 10.4. The van der Waals surface area contributed by atoms with Crippen LogP contribution >= 0.6 is 12.2 Å². The smallest absolute Gasteiger partial charge is 0.330 e. The molecule has 6 nitrogen and oxygen atoms in total. The molecule has 0 unspecified atom stereocenters. The van der Waals surface area contributed by atoms with E-state index in [-0.39, 0.29) is 11.3 Å². The Labute approximate surface area is 113 Å². The molecular formula is C12H8N2O4S. The summed E-state index contributed by atoms with van der Waals surface area (Å²) < 4.78 is 1.50. The molecule has 19 heavy (non-hydrogen) atoms. The van der Waals surface area contributed by atoms with E-state index < -0.39 is 10.9 Å². The van der Waals surface area contributed by atoms with Gasteiger partial charge in [0, 0.05) is 18.3 Å². The fourth-order valence-electron chi connectivity index (χ4n) is 1.35. The van der Waals surface area contributed by atoms with Gasteiger partial charge in [-0.3, -0.25) is 10.1 Å². The Kier molecular flexibility index (Phi) is 3.67. The topological polar surface area (TPSA) is 74.4 Å². The number of nitrogens with zero attached hydrogens (tertiary/aromatic N) is 2. The number of benzene rings is 1. The number of hydrogen-bond donors (Lipinski definition) is 0. The van der Waals surface area contributed by atoms with Crippen molar-refractivity contribution in [3.63, 3.8) is 0 Å². The third-order valence-electron chi connectivity index (χ3n) is 2.28. The third-order valence-corrected chi connectivity index (χ3v) is 2.60. The van der Waals surface area contributed by atoms with Crippen molar-refractivity contribution in [1.29, 1.82) is 0 Å². The van der Waals surface area contributed by atoms with E-state index in [1.165, 1.54) is 30.5 Å². The van der Waals surface area contributed by atoms with Crippen molar-refractivity contribution in [3.8, 4) is 0 Å². The molecule has 0 aliphatic carbocycles. The minimum Gasteiger partial charge on any atom is -0.330 e. The highest BCUT2D eigenvalue weighted by atomic mass is 32.1. The van der Waals surface area contributed by atoms with Gasteiger partial charge in [-0.25, -0.2) is 4.79 Å². The molecule has 2 rings (SSSR count). The molecular weight excluding hydrogens is 268 g/mol. The molecule has 0 aliphatic heterocycles. The first-order chi connectivity index (χ1) is 9.08. The molecule has 0 fully saturated rings. The highest BCUT2D eigenvalue weighted by molar-refractivity contribution is 7.71. The maximum Gasteiger partial charge on any atom is 0.363 e. The Hall–Kier alpha value is -2.54. The number of aromatic nitrogens is 1. The summed E-state index contributed by atoms with van der Waals surface area (Å²) >= 11 is 4.97. The summed E-state index contributed by atoms with van der Waals surface area (Å²) in [6.45, 7) is 0. The molecule has 0 spiro atoms. The summed E-state index contributed by atoms with van der Waals surface area (Å²) in [5.41, 5.74) is 0.115. The first kappa shape index (κ1) is 12.9. The summed E-state index contributed by atoms with van der Waals surface area (Å²) in [4.78, 5) is 26.8. The number of hydrogen-bond acceptors (Lipinski definition) is 5. The lowest BCUT2D eigenvalue weighted by Crippen LogP contribution is -2.20. The predicted molar refractivity (Wildman–Crippen MR) is 69.3 cm³/mol. The molecule has 0 radical (unpaired) electrons. The van der Waals surface area contributed by atoms with Crippen LogP contribution < -0.4 is 4.84 Å². The molecule has 0 bridgehead atoms. The standard InChI is InChI=1S/C12H8N2O4S/c15-12(18-13-8-2-1-3-11(13)19)9-4-6-10(7-5-9)14(16)17/h1-8H. The molecule has 0 atom stereocenters. The quantitative estimate of drug-likeness (QED) is 0.489. The summed E-state index contributed by atoms with van der Waals surface area (Å²) in [5, 5.41) is 10.5. The van der Waals surface area contributed by atoms with Gasteiger partial charge in [-0.1, -0.05) is 18.3 Å². The van der Waals surface area contributed by atoms with E-state index in [9.17, 15) is 14.9 Å². The van der Waals surface area contributed by atoms with Crippen LogP contribution in [-0.2, 0) is 0 Å². The van der Waals surface area contributed by atoms with Gasteiger partial charge >= 0.3 is 5.97 Å². The minimum absolute atomic E-state index is 0.0899. The Morgan fingerprint density at radius 3 is 2.47 bits per heavy atom. The summed E-state index contributed by atoms with van der Waals surface area (Å²) in [5.74, 6) is -0.641. The number of non-ortho nitro benzene ring substituents is 1. The molecule has 1 aromatic carbocycles. The van der Waals surface area contributed by atoms with Crippen LogP contribution in [0.2, 0.25) is 0 Å². The average Bonchev–Trinajstić information content (AvgIpc) is 2.41. The molecule has 96 valence electrons. The molecule has 7 heteroatoms. The van der Waals surface area contributed by atoms with Crippen molar-refractivity contribution in [2.45, 2.75) is 0 Å². The Morgan fingerprint density at radius 2 is 1.89 bits per heavy atom. The van der Waals surface area contributed by atoms with Gasteiger partial charge in [-0.2, -0.15) is 4.73 Å². The minimum atomic E-state index is -0.641. The lowest BCUT2D eigenvalue weighted by molar-refractivity contribution is -0.384. The molecule has 0 N–H and O–H groups in total. The maximum absolute atomic E-state index is 11.8. The largest absolute Gasteiger partial charge is 0.363 e. The molecule has 1 aromatic heterocycles. The Balaban J connectivity index is 2.19. The lowest BCUT2D eigenvalue weighted by atomic mass is 10.2. The molecule has 2 aromatic rings. The fourth-order valence-corrected chi connectivity index (χ4v) is 1.53. The highest BCUT2D eigenvalue weighted by Crippen LogP contribution is 2.12. The van der Waals surface area contributed by atoms with Gasteiger partial charge in [-0.15, -0.1) is 0 Å². The number of carbonyl (C=O) groups excluding carboxylic acids is 1. The first-order valence-corrected chi connectivity index (χ1v) is 5.63. The number of nitro benzene ring substituents is 1. The second-order valence-corrected chi connectivity index (χ2v) is 3.97. The van der Waals surface area contributed by atoms with Crippen molar-refractivity contribution in [1.82, 2.24) is 4.73 Å². The van der Waals surface area contributed by atoms with Crippen molar-refractivity contribution in [2.24, 2.45) is 0 Å². The Bertz CT molecular complexity index is 679. The second kappa shape index (κ2) is 5.40. The highest BCUT2D eigenvalue weighted by Gasteiger charge is 2.11. The van der Waals surface area contributed by atoms with Crippen molar-refractivity contribution < 1.29 is 14.6 Å². The van der Waals surface area contributed by atoms with E-state index in [0.717, 1.165) is 4.73 Å². The first-order valence-electron chi connectivity index (χ1n) is 5.23. The molecule has 0 saturated carbocycles. The molecule has 0 aliphatic rings. The van der Waals surface area contributed by atoms with Gasteiger partial charge in [0.2, 0.25) is 0 Å². The average molecular weight is 276 g/mol. The molecule has 1 heterocycles. The van der Waals surface area contributed by atoms with Crippen LogP contribution in [0.3, 0.4) is 0 Å². The number of pyridine rings is 1. The van der Waals surface area contributed by atoms with E-state index in [0.29, 0.717) is 4.64 Å². The number of nitro groups is 1. The summed E-state index contributed by atoms with van der Waals surface area (Å²) in [6, 6.07) is 10.1. The predicted octanol–water partition coefficient (Wildman–Crippen LogP) is 2.39. The van der Waals surface area contributed by atoms with Crippen LogP contribution in [0.5, 0.6) is 0 Å². The normalized spacial score (nSPS) is 9.89. The van der Waals surface area contributed by atoms with E-state index in [4.69, 9.17) is 17.1 Å². The van der Waals surface area contributed by atoms with Gasteiger partial charge in [0.25, 0.3) is 5.69 Å². The van der Waals surface area contributed by atoms with E-state index >= 15 is 0 Å². The van der Waals surface area contributed by atoms with Crippen LogP contribution in [0, 0.1) is 14.8 Å². The van der Waals surface area contributed by atoms with Gasteiger partial charge in [0.15, 0.2) is 0 Å². The molecule has 0 saturated heterocycles. The van der Waals surface area contributed by atoms with Gasteiger partial charge in [0.05, 0.1) is 10.5 Å². The van der Waals surface area contributed by atoms with Crippen LogP contribution in [0.1, 0.15) is 10.4 Å². The third kappa shape index (κ3) is 3.02. The number of carbonyl (C=O) groups is 1. The number of rotatable bonds is 3. The van der Waals surface area contributed by atoms with Crippen LogP contribution in [0.25, 0.3) is 0 Å². The van der Waals surface area contributed by atoms with E-state index in [1.54, 1.807) is 18.2 Å². The van der Waals surface area contributed by atoms with Crippen molar-refractivity contribution in [3.05, 3.63) is 69.0 Å². The fraction of sp³-hybridized carbons (Fsp3) is 0. The SMILES string of the molecule is O=C(On1ccccc1=S)c1ccc([N+](=O)[O-])cc1. The van der Waals surface area contributed by atoms with Crippen LogP contribution in [-0.4, -0.2) is 15.6 Å². The Morgan fingerprint density at radius 1 is 1.21 bits per heavy atom. The van der Waals surface area contributed by atoms with Crippen molar-refractivity contribution >= 4 is 23.9 Å². The molecule has 0 amide bonds. The monoisotopic (exact) mass is 276 g/mol. The lowest BCUT2D eigenvalue weighted by Gasteiger charge is -2.06. The van der Waals surface area contributed by atoms with Crippen LogP contribution in [0.4, 0.5) is 5.69 Å². The summed E-state index contributed by atoms with van der Waals surface area (Å²) in [7, 11) is 0. The van der Waals surface area contributed by atoms with Crippen molar-refractivity contribution in [2.75, 3.05) is 0 Å². The second-order valence-electron chi connectivity index (χ2n) is 3.55. The van der Waals surface area contributed by atoms with Gasteiger partial charge < -0.3 is 4.84 Å².